The van der Waals surface area contributed by atoms with Crippen molar-refractivity contribution in [2.24, 2.45) is 0 Å². The molecule has 114 valence electrons. The Morgan fingerprint density at radius 1 is 1.48 bits per heavy atom. The normalized spacial score (nSPS) is 17.9. The molecule has 0 aliphatic carbocycles. The molecule has 1 aliphatic heterocycles. The van der Waals surface area contributed by atoms with Gasteiger partial charge >= 0.3 is 0 Å². The highest BCUT2D eigenvalue weighted by atomic mass is 32.2. The molecule has 1 saturated heterocycles. The molecule has 0 unspecified atom stereocenters. The molecule has 0 saturated carbocycles. The van der Waals surface area contributed by atoms with E-state index in [0.29, 0.717) is 18.2 Å². The van der Waals surface area contributed by atoms with Crippen molar-refractivity contribution in [2.45, 2.75) is 19.9 Å². The second kappa shape index (κ2) is 6.47. The fourth-order valence-electron chi connectivity index (χ4n) is 2.22. The van der Waals surface area contributed by atoms with E-state index in [9.17, 15) is 14.0 Å². The van der Waals surface area contributed by atoms with Crippen LogP contribution in [0.2, 0.25) is 0 Å². The van der Waals surface area contributed by atoms with Crippen molar-refractivity contribution < 1.29 is 14.0 Å². The molecule has 1 fully saturated rings. The molecular formula is C15H19FN2O2S. The predicted octanol–water partition coefficient (Wildman–Crippen LogP) is 2.13. The van der Waals surface area contributed by atoms with Gasteiger partial charge in [0.25, 0.3) is 5.91 Å². The molecule has 2 rings (SSSR count). The van der Waals surface area contributed by atoms with Crippen molar-refractivity contribution in [3.63, 3.8) is 0 Å². The van der Waals surface area contributed by atoms with Gasteiger partial charge < -0.3 is 9.80 Å². The monoisotopic (exact) mass is 310 g/mol. The number of rotatable bonds is 3. The Kier molecular flexibility index (Phi) is 4.88. The minimum atomic E-state index is -0.544. The van der Waals surface area contributed by atoms with Crippen LogP contribution < -0.4 is 0 Å². The van der Waals surface area contributed by atoms with Gasteiger partial charge in [-0.1, -0.05) is 11.6 Å². The zero-order valence-electron chi connectivity index (χ0n) is 12.4. The Bertz CT molecular complexity index is 565. The third kappa shape index (κ3) is 3.20. The number of hydrogen-bond donors (Lipinski definition) is 0. The van der Waals surface area contributed by atoms with Gasteiger partial charge in [0.2, 0.25) is 5.91 Å². The second-order valence-electron chi connectivity index (χ2n) is 5.13. The minimum Gasteiger partial charge on any atom is -0.344 e. The molecule has 4 nitrogen and oxygen atoms in total. The van der Waals surface area contributed by atoms with Crippen LogP contribution in [0.25, 0.3) is 0 Å². The summed E-state index contributed by atoms with van der Waals surface area (Å²) in [4.78, 5) is 27.9. The van der Waals surface area contributed by atoms with Crippen LogP contribution in [-0.2, 0) is 4.79 Å². The number of likely N-dealkylation sites (N-methyl/N-ethyl adjacent to an activating group) is 1. The van der Waals surface area contributed by atoms with Crippen molar-refractivity contribution in [3.05, 3.63) is 35.1 Å². The molecule has 6 heteroatoms. The molecule has 1 atom stereocenters. The lowest BCUT2D eigenvalue weighted by Crippen LogP contribution is -2.47. The largest absolute Gasteiger partial charge is 0.344 e. The number of thioether (sulfide) groups is 1. The predicted molar refractivity (Wildman–Crippen MR) is 81.7 cm³/mol. The molecular weight excluding hydrogens is 291 g/mol. The summed E-state index contributed by atoms with van der Waals surface area (Å²) in [6.07, 6.45) is 0. The minimum absolute atomic E-state index is 0.0365. The van der Waals surface area contributed by atoms with E-state index in [1.54, 1.807) is 18.0 Å². The third-order valence-electron chi connectivity index (χ3n) is 3.63. The van der Waals surface area contributed by atoms with Gasteiger partial charge in [0.1, 0.15) is 11.9 Å². The summed E-state index contributed by atoms with van der Waals surface area (Å²) in [7, 11) is 1.71. The summed E-state index contributed by atoms with van der Waals surface area (Å²) in [6.45, 7) is 4.27. The van der Waals surface area contributed by atoms with Crippen LogP contribution in [0.4, 0.5) is 4.39 Å². The van der Waals surface area contributed by atoms with Crippen molar-refractivity contribution in [3.8, 4) is 0 Å². The SMILES string of the molecule is CCN(C)C(=O)[C@@H]1CSCN1C(=O)c1cc(C)ccc1F. The van der Waals surface area contributed by atoms with E-state index in [1.165, 1.54) is 28.8 Å². The number of carbonyl (C=O) groups excluding carboxylic acids is 2. The van der Waals surface area contributed by atoms with E-state index in [0.717, 1.165) is 5.56 Å². The van der Waals surface area contributed by atoms with E-state index < -0.39 is 17.8 Å². The Morgan fingerprint density at radius 2 is 2.19 bits per heavy atom. The topological polar surface area (TPSA) is 40.6 Å². The first-order chi connectivity index (χ1) is 9.95. The number of hydrogen-bond acceptors (Lipinski definition) is 3. The first kappa shape index (κ1) is 15.8. The lowest BCUT2D eigenvalue weighted by atomic mass is 10.1. The van der Waals surface area contributed by atoms with Crippen molar-refractivity contribution in [2.75, 3.05) is 25.2 Å². The number of nitrogens with zero attached hydrogens (tertiary/aromatic N) is 2. The van der Waals surface area contributed by atoms with Gasteiger partial charge in [-0.2, -0.15) is 0 Å². The first-order valence-corrected chi connectivity index (χ1v) is 8.01. The highest BCUT2D eigenvalue weighted by Gasteiger charge is 2.37. The maximum atomic E-state index is 13.9. The lowest BCUT2D eigenvalue weighted by molar-refractivity contribution is -0.133. The molecule has 0 aromatic heterocycles. The smallest absolute Gasteiger partial charge is 0.258 e. The Balaban J connectivity index is 2.25. The molecule has 21 heavy (non-hydrogen) atoms. The first-order valence-electron chi connectivity index (χ1n) is 6.85. The van der Waals surface area contributed by atoms with Crippen LogP contribution in [0.5, 0.6) is 0 Å². The van der Waals surface area contributed by atoms with Crippen LogP contribution in [0.1, 0.15) is 22.8 Å². The third-order valence-corrected chi connectivity index (χ3v) is 4.64. The Hall–Kier alpha value is -1.56. The summed E-state index contributed by atoms with van der Waals surface area (Å²) in [6, 6.07) is 3.94. The summed E-state index contributed by atoms with van der Waals surface area (Å²) in [5.74, 6) is -0.0757. The molecule has 0 bridgehead atoms. The molecule has 1 heterocycles. The van der Waals surface area contributed by atoms with Crippen LogP contribution in [-0.4, -0.2) is 52.9 Å². The van der Waals surface area contributed by atoms with Crippen LogP contribution in [0.15, 0.2) is 18.2 Å². The van der Waals surface area contributed by atoms with Crippen molar-refractivity contribution in [1.29, 1.82) is 0 Å². The quantitative estimate of drug-likeness (QED) is 0.859. The average molecular weight is 310 g/mol. The van der Waals surface area contributed by atoms with Crippen LogP contribution in [0, 0.1) is 12.7 Å². The Labute approximate surface area is 128 Å². The lowest BCUT2D eigenvalue weighted by Gasteiger charge is -2.27. The summed E-state index contributed by atoms with van der Waals surface area (Å²) >= 11 is 1.51. The van der Waals surface area contributed by atoms with E-state index >= 15 is 0 Å². The van der Waals surface area contributed by atoms with E-state index in [1.807, 2.05) is 13.8 Å². The number of aryl methyl sites for hydroxylation is 1. The molecule has 0 N–H and O–H groups in total. The number of carbonyl (C=O) groups is 2. The molecule has 1 aliphatic rings. The fourth-order valence-corrected chi connectivity index (χ4v) is 3.36. The maximum absolute atomic E-state index is 13.9. The second-order valence-corrected chi connectivity index (χ2v) is 6.13. The molecule has 1 aromatic carbocycles. The van der Waals surface area contributed by atoms with E-state index in [-0.39, 0.29) is 11.5 Å². The Morgan fingerprint density at radius 3 is 2.86 bits per heavy atom. The van der Waals surface area contributed by atoms with E-state index in [2.05, 4.69) is 0 Å². The van der Waals surface area contributed by atoms with Crippen molar-refractivity contribution >= 4 is 23.6 Å². The number of halogens is 1. The van der Waals surface area contributed by atoms with Gasteiger partial charge in [0.15, 0.2) is 0 Å². The van der Waals surface area contributed by atoms with Crippen LogP contribution >= 0.6 is 11.8 Å². The van der Waals surface area contributed by atoms with Crippen LogP contribution in [0.3, 0.4) is 0 Å². The van der Waals surface area contributed by atoms with Gasteiger partial charge in [0.05, 0.1) is 11.4 Å². The zero-order valence-corrected chi connectivity index (χ0v) is 13.2. The van der Waals surface area contributed by atoms with Gasteiger partial charge in [0, 0.05) is 19.3 Å². The molecule has 0 spiro atoms. The molecule has 2 amide bonds. The number of benzene rings is 1. The van der Waals surface area contributed by atoms with E-state index in [4.69, 9.17) is 0 Å². The van der Waals surface area contributed by atoms with Gasteiger partial charge in [-0.25, -0.2) is 4.39 Å². The maximum Gasteiger partial charge on any atom is 0.258 e. The summed E-state index contributed by atoms with van der Waals surface area (Å²) in [5, 5.41) is 0. The average Bonchev–Trinajstić information content (AvgIpc) is 2.96. The fraction of sp³-hybridized carbons (Fsp3) is 0.467. The molecule has 0 radical (unpaired) electrons. The summed E-state index contributed by atoms with van der Waals surface area (Å²) < 4.78 is 13.9. The molecule has 1 aromatic rings. The van der Waals surface area contributed by atoms with Gasteiger partial charge in [-0.05, 0) is 26.0 Å². The van der Waals surface area contributed by atoms with Crippen molar-refractivity contribution in [1.82, 2.24) is 9.80 Å². The van der Waals surface area contributed by atoms with Gasteiger partial charge in [-0.3, -0.25) is 9.59 Å². The highest BCUT2D eigenvalue weighted by molar-refractivity contribution is 7.99. The standard InChI is InChI=1S/C15H19FN2O2S/c1-4-17(3)15(20)13-8-21-9-18(13)14(19)11-7-10(2)5-6-12(11)16/h5-7,13H,4,8-9H2,1-3H3/t13-/m0/s1. The number of amides is 2. The van der Waals surface area contributed by atoms with Gasteiger partial charge in [-0.15, -0.1) is 11.8 Å². The zero-order chi connectivity index (χ0) is 15.6. The summed E-state index contributed by atoms with van der Waals surface area (Å²) in [5.41, 5.74) is 0.856. The highest BCUT2D eigenvalue weighted by Crippen LogP contribution is 2.25.